The molecule has 0 aliphatic rings. The first-order valence-corrected chi connectivity index (χ1v) is 22.4. The predicted octanol–water partition coefficient (Wildman–Crippen LogP) is -20.2. The molecule has 0 unspecified atom stereocenters. The average Bonchev–Trinajstić information content (AvgIpc) is 2.16. The molecule has 0 aromatic heterocycles. The van der Waals surface area contributed by atoms with Crippen LogP contribution in [0.15, 0.2) is 0 Å². The molecule has 0 rings (SSSR count). The van der Waals surface area contributed by atoms with Gasteiger partial charge in [-0.15, -0.1) is 0 Å². The van der Waals surface area contributed by atoms with E-state index in [2.05, 4.69) is 0 Å². The van der Waals surface area contributed by atoms with Crippen LogP contribution >= 0.6 is 0 Å². The minimum absolute atomic E-state index is 0. The standard InChI is InChI=1S/Bk.BrH.8Cr.Mg.H3N.Nb.6H2O.26O/h;1H;;;;;;;;;;1H3;;6*1H2;;;;;;;;;;;;;;;;;;;;;;;;;;/q+3;;;;;;;4*+2;;+5;;;;;;;;;;;;;;;;;;;;;;;10*-1/p-6. The molecule has 0 atom stereocenters. The van der Waals surface area contributed by atoms with Crippen molar-refractivity contribution in [2.45, 2.75) is 0 Å². The van der Waals surface area contributed by atoms with Gasteiger partial charge in [0.25, 0.3) is 0 Å². The van der Waals surface area contributed by atoms with Gasteiger partial charge >= 0.3 is 282 Å². The predicted molar refractivity (Wildman–Crippen MR) is 36.0 cm³/mol. The summed E-state index contributed by atoms with van der Waals surface area (Å²) >= 11 is -44.5. The third-order valence-electron chi connectivity index (χ3n) is 0. The number of quaternary nitrogens is 1. The van der Waals surface area contributed by atoms with Crippen molar-refractivity contribution in [3.05, 3.63) is 0 Å². The van der Waals surface area contributed by atoms with E-state index in [1.165, 1.54) is 0 Å². The van der Waals surface area contributed by atoms with Crippen LogP contribution in [0.3, 0.4) is 0 Å². The van der Waals surface area contributed by atoms with E-state index < -0.39 is 109 Å². The van der Waals surface area contributed by atoms with Gasteiger partial charge in [0.15, 0.2) is 0 Å². The molecule has 45 heavy (non-hydrogen) atoms. The van der Waals surface area contributed by atoms with E-state index in [0.29, 0.717) is 0 Å². The summed E-state index contributed by atoms with van der Waals surface area (Å²) in [5.74, 6) is 0. The number of rotatable bonds is 0. The number of hydrogen-bond donors (Lipinski definition) is 7. The third-order valence-corrected chi connectivity index (χ3v) is 0. The molecular formula is H10BkBrCr8MgNNbO32. The molecule has 0 radical (unpaired) electrons. The second-order valence-electron chi connectivity index (χ2n) is 3.38. The summed E-state index contributed by atoms with van der Waals surface area (Å²) in [7, 11) is 0. The first-order valence-electron chi connectivity index (χ1n) is 5.43. The Labute approximate surface area is 300 Å². The van der Waals surface area contributed by atoms with Crippen molar-refractivity contribution in [1.29, 1.82) is 0 Å². The zero-order chi connectivity index (χ0) is 36.0. The Hall–Kier alpha value is 1.37. The molecule has 0 aromatic carbocycles. The summed E-state index contributed by atoms with van der Waals surface area (Å²) in [6.45, 7) is 0. The van der Waals surface area contributed by atoms with E-state index in [9.17, 15) is 0 Å². The van der Waals surface area contributed by atoms with Gasteiger partial charge in [0, 0.05) is 0 Å². The van der Waals surface area contributed by atoms with Gasteiger partial charge in [-0.05, 0) is 0 Å². The van der Waals surface area contributed by atoms with Crippen molar-refractivity contribution in [3.8, 4) is 0 Å². The van der Waals surface area contributed by atoms with E-state index in [1.807, 2.05) is 0 Å². The zero-order valence-corrected chi connectivity index (χ0v) is 37.6. The molecule has 0 aliphatic carbocycles. The van der Waals surface area contributed by atoms with Crippen LogP contribution < -0.4 is 64.7 Å². The Morgan fingerprint density at radius 2 is 0.311 bits per heavy atom. The van der Waals surface area contributed by atoms with E-state index in [4.69, 9.17) is 127 Å². The molecule has 0 spiro atoms. The summed E-state index contributed by atoms with van der Waals surface area (Å²) in [6, 6.07) is 0. The van der Waals surface area contributed by atoms with Crippen LogP contribution in [0.4, 0.5) is 0 Å². The van der Waals surface area contributed by atoms with Gasteiger partial charge in [-0.3, -0.25) is 0 Å². The van der Waals surface area contributed by atoms with Gasteiger partial charge < -0.3 is 23.1 Å². The monoisotopic (exact) mass is 1390 g/mol. The second kappa shape index (κ2) is 36.6. The molecule has 0 fully saturated rings. The van der Waals surface area contributed by atoms with Crippen molar-refractivity contribution in [3.63, 3.8) is 0 Å². The second-order valence-corrected chi connectivity index (χ2v) is 14.0. The Bertz CT molecular complexity index is 1090. The summed E-state index contributed by atoms with van der Waals surface area (Å²) in [6.07, 6.45) is 0. The van der Waals surface area contributed by atoms with E-state index in [0.717, 1.165) is 0 Å². The van der Waals surface area contributed by atoms with Crippen LogP contribution in [0.5, 0.6) is 0 Å². The van der Waals surface area contributed by atoms with Crippen molar-refractivity contribution in [2.24, 2.45) is 0 Å². The van der Waals surface area contributed by atoms with Crippen LogP contribution in [0, 0.1) is 0 Å². The van der Waals surface area contributed by atoms with Gasteiger partial charge in [0.1, 0.15) is 0 Å². The Kier molecular flexibility index (Phi) is 69.8. The van der Waals surface area contributed by atoms with Crippen LogP contribution in [0.25, 0.3) is 0 Å². The van der Waals surface area contributed by atoms with E-state index in [1.54, 1.807) is 0 Å². The zero-order valence-electron chi connectivity index (χ0n) is 19.4. The number of halogens is 1. The molecule has 0 aromatic rings. The molecule has 278 valence electrons. The van der Waals surface area contributed by atoms with Gasteiger partial charge in [-0.2, -0.15) is 0 Å². The average molecular weight is 1400 g/mol. The van der Waals surface area contributed by atoms with Gasteiger partial charge in [-0.25, -0.2) is 0 Å². The fourth-order valence-corrected chi connectivity index (χ4v) is 0. The summed E-state index contributed by atoms with van der Waals surface area (Å²) in [5, 5.41) is 0. The molecule has 45 heteroatoms. The fraction of sp³-hybridized carbons (Fsp3) is 0. The molecule has 0 heterocycles. The molecule has 0 saturated heterocycles. The Morgan fingerprint density at radius 1 is 0.311 bits per heavy atom. The molecule has 33 nitrogen and oxygen atoms in total. The SMILES string of the molecule is [Bk+3].[Br-].[Mg+2].[NH4+].[Nb+5].[O]=[Cr](=[O])([O-])[O-].[O]=[Cr](=[O])([O-])[O-].[O]=[Cr](=[O])([O-])[O-].[O]=[Cr](=[O])([O-])[O-].[O]=[Cr](=[O])([O-])[O-].[O]=[Cr](=[O])([OH])[OH].[O]=[Cr](=[O])([OH])[OH].[O]=[Cr](=[O])([OH])[OH]. The Morgan fingerprint density at radius 3 is 0.311 bits per heavy atom. The van der Waals surface area contributed by atoms with Crippen LogP contribution in [0.1, 0.15) is 0 Å². The first kappa shape index (κ1) is 85.7. The molecule has 0 aliphatic heterocycles. The maximum absolute atomic E-state index is 8.82. The summed E-state index contributed by atoms with van der Waals surface area (Å²) < 4.78 is 268. The van der Waals surface area contributed by atoms with Gasteiger partial charge in [0.2, 0.25) is 0 Å². The van der Waals surface area contributed by atoms with Crippen molar-refractivity contribution in [2.75, 3.05) is 0 Å². The van der Waals surface area contributed by atoms with Crippen molar-refractivity contribution >= 4 is 23.1 Å². The fourth-order valence-electron chi connectivity index (χ4n) is 0. The quantitative estimate of drug-likeness (QED) is 0.111. The van der Waals surface area contributed by atoms with Crippen LogP contribution in [-0.2, 0) is 192 Å². The maximum atomic E-state index is 8.82. The molecule has 10 N–H and O–H groups in total. The molecule has 0 bridgehead atoms. The van der Waals surface area contributed by atoms with Crippen LogP contribution in [-0.4, -0.2) is 48.0 Å². The van der Waals surface area contributed by atoms with Crippen molar-refractivity contribution < 1.29 is 276 Å². The van der Waals surface area contributed by atoms with E-state index >= 15 is 0 Å². The molecular weight excluding hydrogens is 1390 g/mol. The van der Waals surface area contributed by atoms with Gasteiger partial charge in [-0.1, -0.05) is 0 Å². The van der Waals surface area contributed by atoms with Crippen molar-refractivity contribution in [1.82, 2.24) is 6.15 Å². The Balaban J connectivity index is -0.0000000233. The minimum atomic E-state index is -5.75. The molecule has 0 saturated carbocycles. The van der Waals surface area contributed by atoms with Gasteiger partial charge in [0.05, 0.1) is 0 Å². The third kappa shape index (κ3) is 45700. The number of hydrogen-bond acceptors (Lipinski definition) is 26. The van der Waals surface area contributed by atoms with Crippen LogP contribution in [0.2, 0.25) is 0 Å². The van der Waals surface area contributed by atoms with E-state index in [-0.39, 0.29) is 68.6 Å². The molecule has 0 amide bonds. The first-order chi connectivity index (χ1) is 16.0. The summed E-state index contributed by atoms with van der Waals surface area (Å²) in [5.41, 5.74) is 0. The summed E-state index contributed by atoms with van der Waals surface area (Å²) in [4.78, 5) is 0. The normalized spacial score (nSPS) is 10.3. The topological polar surface area (TPSA) is 662 Å².